The molecule has 0 radical (unpaired) electrons. The monoisotopic (exact) mass is 247 g/mol. The van der Waals surface area contributed by atoms with Gasteiger partial charge in [-0.1, -0.05) is 6.92 Å². The van der Waals surface area contributed by atoms with Crippen LogP contribution in [0.4, 0.5) is 0 Å². The summed E-state index contributed by atoms with van der Waals surface area (Å²) in [6.07, 6.45) is 1.96. The fourth-order valence-corrected chi connectivity index (χ4v) is 2.96. The van der Waals surface area contributed by atoms with Crippen LogP contribution in [-0.2, 0) is 27.8 Å². The molecule has 1 aromatic heterocycles. The Kier molecular flexibility index (Phi) is 4.90. The van der Waals surface area contributed by atoms with Crippen LogP contribution >= 0.6 is 11.3 Å². The van der Waals surface area contributed by atoms with E-state index in [9.17, 15) is 9.00 Å². The maximum absolute atomic E-state index is 11.3. The second-order valence-corrected chi connectivity index (χ2v) is 5.50. The summed E-state index contributed by atoms with van der Waals surface area (Å²) < 4.78 is 11.3. The number of carboxylic acids is 1. The van der Waals surface area contributed by atoms with Gasteiger partial charge in [0.15, 0.2) is 0 Å². The first-order valence-electron chi connectivity index (χ1n) is 4.62. The fraction of sp³-hybridized carbons (Fsp3) is 0.556. The number of carboxylic acid groups (broad SMARTS) is 1. The molecule has 0 aliphatic carbocycles. The maximum atomic E-state index is 11.3. The lowest BCUT2D eigenvalue weighted by Crippen LogP contribution is -2.10. The van der Waals surface area contributed by atoms with E-state index in [-0.39, 0.29) is 11.5 Å². The first-order chi connectivity index (χ1) is 7.11. The lowest BCUT2D eigenvalue weighted by atomic mass is 10.3. The molecule has 0 fully saturated rings. The van der Waals surface area contributed by atoms with Crippen molar-refractivity contribution in [2.45, 2.75) is 25.5 Å². The third kappa shape index (κ3) is 4.53. The van der Waals surface area contributed by atoms with E-state index in [0.717, 1.165) is 23.5 Å². The second-order valence-electron chi connectivity index (χ2n) is 3.10. The number of hydrogen-bond acceptors (Lipinski definition) is 4. The van der Waals surface area contributed by atoms with Crippen molar-refractivity contribution in [1.82, 2.24) is 4.98 Å². The number of aryl methyl sites for hydroxylation is 1. The standard InChI is InChI=1S/C9H13NO3S2/c1-2-3-8-10-7(4-14-8)5-15(13)6-9(11)12/h4H,2-3,5-6H2,1H3,(H,11,12)/t15-/m1/s1. The van der Waals surface area contributed by atoms with Gasteiger partial charge in [0.05, 0.1) is 16.5 Å². The molecule has 0 saturated carbocycles. The molecule has 6 heteroatoms. The van der Waals surface area contributed by atoms with Crippen LogP contribution in [0.3, 0.4) is 0 Å². The molecule has 0 aliphatic heterocycles. The summed E-state index contributed by atoms with van der Waals surface area (Å²) >= 11 is 1.54. The quantitative estimate of drug-likeness (QED) is 0.825. The van der Waals surface area contributed by atoms with Gasteiger partial charge in [-0.3, -0.25) is 9.00 Å². The number of thiazole rings is 1. The summed E-state index contributed by atoms with van der Waals surface area (Å²) in [5, 5.41) is 11.3. The van der Waals surface area contributed by atoms with Gasteiger partial charge in [0.1, 0.15) is 5.75 Å². The summed E-state index contributed by atoms with van der Waals surface area (Å²) in [5.74, 6) is -1.09. The van der Waals surface area contributed by atoms with E-state index in [1.807, 2.05) is 5.38 Å². The molecule has 0 aliphatic rings. The molecule has 4 nitrogen and oxygen atoms in total. The molecule has 0 saturated heterocycles. The Labute approximate surface area is 94.8 Å². The lowest BCUT2D eigenvalue weighted by molar-refractivity contribution is -0.133. The molecule has 1 aromatic rings. The summed E-state index contributed by atoms with van der Waals surface area (Å²) in [4.78, 5) is 14.6. The molecular weight excluding hydrogens is 234 g/mol. The lowest BCUT2D eigenvalue weighted by Gasteiger charge is -1.95. The van der Waals surface area contributed by atoms with Gasteiger partial charge < -0.3 is 5.11 Å². The van der Waals surface area contributed by atoms with Crippen LogP contribution in [0.2, 0.25) is 0 Å². The van der Waals surface area contributed by atoms with Crippen molar-refractivity contribution in [3.63, 3.8) is 0 Å². The maximum Gasteiger partial charge on any atom is 0.316 e. The summed E-state index contributed by atoms with van der Waals surface area (Å²) in [6, 6.07) is 0. The van der Waals surface area contributed by atoms with Crippen LogP contribution in [-0.4, -0.2) is 26.0 Å². The van der Waals surface area contributed by atoms with E-state index >= 15 is 0 Å². The molecule has 1 N–H and O–H groups in total. The van der Waals surface area contributed by atoms with Gasteiger partial charge in [0, 0.05) is 16.2 Å². The molecule has 0 unspecified atom stereocenters. The first kappa shape index (κ1) is 12.3. The number of aromatic nitrogens is 1. The average molecular weight is 247 g/mol. The smallest absolute Gasteiger partial charge is 0.316 e. The van der Waals surface area contributed by atoms with Crippen LogP contribution in [0.1, 0.15) is 24.0 Å². The molecule has 15 heavy (non-hydrogen) atoms. The largest absolute Gasteiger partial charge is 0.481 e. The zero-order valence-electron chi connectivity index (χ0n) is 8.43. The molecular formula is C9H13NO3S2. The molecule has 0 spiro atoms. The van der Waals surface area contributed by atoms with Crippen molar-refractivity contribution in [3.8, 4) is 0 Å². The number of rotatable bonds is 6. The first-order valence-corrected chi connectivity index (χ1v) is 6.98. The average Bonchev–Trinajstić information content (AvgIpc) is 2.51. The van der Waals surface area contributed by atoms with Crippen LogP contribution in [0.5, 0.6) is 0 Å². The number of hydrogen-bond donors (Lipinski definition) is 1. The van der Waals surface area contributed by atoms with Crippen molar-refractivity contribution >= 4 is 28.1 Å². The van der Waals surface area contributed by atoms with Crippen molar-refractivity contribution in [3.05, 3.63) is 16.1 Å². The highest BCUT2D eigenvalue weighted by Gasteiger charge is 2.09. The molecule has 1 heterocycles. The van der Waals surface area contributed by atoms with Gasteiger partial charge in [-0.15, -0.1) is 11.3 Å². The molecule has 1 rings (SSSR count). The predicted octanol–water partition coefficient (Wildman–Crippen LogP) is 1.43. The highest BCUT2D eigenvalue weighted by Crippen LogP contribution is 2.13. The third-order valence-corrected chi connectivity index (χ3v) is 3.80. The Balaban J connectivity index is 2.49. The van der Waals surface area contributed by atoms with E-state index in [2.05, 4.69) is 11.9 Å². The number of aliphatic carboxylic acids is 1. The van der Waals surface area contributed by atoms with Crippen LogP contribution < -0.4 is 0 Å². The van der Waals surface area contributed by atoms with Crippen LogP contribution in [0.15, 0.2) is 5.38 Å². The van der Waals surface area contributed by atoms with Gasteiger partial charge in [-0.05, 0) is 12.8 Å². The Hall–Kier alpha value is -0.750. The van der Waals surface area contributed by atoms with E-state index in [4.69, 9.17) is 5.11 Å². The van der Waals surface area contributed by atoms with E-state index in [0.29, 0.717) is 0 Å². The molecule has 1 atom stereocenters. The zero-order valence-corrected chi connectivity index (χ0v) is 10.1. The third-order valence-electron chi connectivity index (χ3n) is 1.66. The fourth-order valence-electron chi connectivity index (χ4n) is 1.10. The van der Waals surface area contributed by atoms with Crippen LogP contribution in [0.25, 0.3) is 0 Å². The summed E-state index contributed by atoms with van der Waals surface area (Å²) in [7, 11) is -1.35. The Bertz CT molecular complexity index is 362. The SMILES string of the molecule is CCCc1nc(C[S@@](=O)CC(=O)O)cs1. The summed E-state index contributed by atoms with van der Waals surface area (Å²) in [5.41, 5.74) is 0.739. The second kappa shape index (κ2) is 5.97. The molecule has 0 aromatic carbocycles. The van der Waals surface area contributed by atoms with Crippen LogP contribution in [0, 0.1) is 0 Å². The minimum Gasteiger partial charge on any atom is -0.481 e. The van der Waals surface area contributed by atoms with Gasteiger partial charge in [0.25, 0.3) is 0 Å². The predicted molar refractivity (Wildman–Crippen MR) is 60.5 cm³/mol. The van der Waals surface area contributed by atoms with E-state index in [1.165, 1.54) is 0 Å². The molecule has 0 amide bonds. The van der Waals surface area contributed by atoms with Crippen molar-refractivity contribution in [1.29, 1.82) is 0 Å². The topological polar surface area (TPSA) is 67.3 Å². The van der Waals surface area contributed by atoms with Gasteiger partial charge in [0.2, 0.25) is 0 Å². The normalized spacial score (nSPS) is 12.6. The highest BCUT2D eigenvalue weighted by molar-refractivity contribution is 7.84. The number of carbonyl (C=O) groups is 1. The minimum atomic E-state index is -1.35. The molecule has 84 valence electrons. The van der Waals surface area contributed by atoms with Crippen molar-refractivity contribution in [2.24, 2.45) is 0 Å². The van der Waals surface area contributed by atoms with E-state index < -0.39 is 16.8 Å². The highest BCUT2D eigenvalue weighted by atomic mass is 32.2. The Morgan fingerprint density at radius 2 is 2.40 bits per heavy atom. The minimum absolute atomic E-state index is 0.243. The Morgan fingerprint density at radius 1 is 1.67 bits per heavy atom. The summed E-state index contributed by atoms with van der Waals surface area (Å²) in [6.45, 7) is 2.07. The van der Waals surface area contributed by atoms with E-state index in [1.54, 1.807) is 11.3 Å². The van der Waals surface area contributed by atoms with Crippen molar-refractivity contribution < 1.29 is 14.1 Å². The van der Waals surface area contributed by atoms with Gasteiger partial charge in [-0.2, -0.15) is 0 Å². The number of nitrogens with zero attached hydrogens (tertiary/aromatic N) is 1. The zero-order chi connectivity index (χ0) is 11.3. The van der Waals surface area contributed by atoms with Crippen molar-refractivity contribution in [2.75, 3.05) is 5.75 Å². The molecule has 0 bridgehead atoms. The Morgan fingerprint density at radius 3 is 3.00 bits per heavy atom. The van der Waals surface area contributed by atoms with Gasteiger partial charge >= 0.3 is 5.97 Å². The van der Waals surface area contributed by atoms with Gasteiger partial charge in [-0.25, -0.2) is 4.98 Å².